The second kappa shape index (κ2) is 6.86. The first kappa shape index (κ1) is 17.5. The minimum atomic E-state index is -3.14. The van der Waals surface area contributed by atoms with Crippen LogP contribution >= 0.6 is 0 Å². The number of rotatable bonds is 5. The summed E-state index contributed by atoms with van der Waals surface area (Å²) in [5.41, 5.74) is 2.43. The third kappa shape index (κ3) is 3.36. The number of benzene rings is 1. The van der Waals surface area contributed by atoms with Gasteiger partial charge in [0.1, 0.15) is 0 Å². The Kier molecular flexibility index (Phi) is 4.99. The van der Waals surface area contributed by atoms with E-state index in [1.165, 1.54) is 10.9 Å². The second-order valence-corrected chi connectivity index (χ2v) is 9.55. The lowest BCUT2D eigenvalue weighted by atomic mass is 9.95. The van der Waals surface area contributed by atoms with Gasteiger partial charge in [-0.1, -0.05) is 19.1 Å². The van der Waals surface area contributed by atoms with Gasteiger partial charge in [-0.05, 0) is 43.9 Å². The standard InChI is InChI=1S/C18H27N3O2S/c1-13(2)24(22,23)21-10-8-17(14(3)12-21)20-11-15-5-4-6-18-16(15)7-9-19-18/h4-7,9,13-14,17,19-20H,8,10-12H2,1-3H3/t14-,17-/m0/s1. The fourth-order valence-electron chi connectivity index (χ4n) is 3.49. The number of aromatic nitrogens is 1. The van der Waals surface area contributed by atoms with Gasteiger partial charge in [0, 0.05) is 42.8 Å². The van der Waals surface area contributed by atoms with Gasteiger partial charge in [-0.25, -0.2) is 12.7 Å². The molecule has 0 bridgehead atoms. The summed E-state index contributed by atoms with van der Waals surface area (Å²) >= 11 is 0. The summed E-state index contributed by atoms with van der Waals surface area (Å²) < 4.78 is 26.3. The number of fused-ring (bicyclic) bond motifs is 1. The van der Waals surface area contributed by atoms with Crippen LogP contribution in [0.1, 0.15) is 32.8 Å². The van der Waals surface area contributed by atoms with Crippen molar-refractivity contribution in [3.63, 3.8) is 0 Å². The maximum Gasteiger partial charge on any atom is 0.216 e. The molecule has 1 aromatic heterocycles. The van der Waals surface area contributed by atoms with Crippen LogP contribution in [0.5, 0.6) is 0 Å². The van der Waals surface area contributed by atoms with Crippen molar-refractivity contribution in [3.8, 4) is 0 Å². The third-order valence-electron chi connectivity index (χ3n) is 5.06. The van der Waals surface area contributed by atoms with Crippen molar-refractivity contribution in [3.05, 3.63) is 36.0 Å². The maximum absolute atomic E-state index is 12.3. The van der Waals surface area contributed by atoms with E-state index in [0.717, 1.165) is 18.5 Å². The van der Waals surface area contributed by atoms with Gasteiger partial charge in [-0.3, -0.25) is 0 Å². The molecule has 1 saturated heterocycles. The molecular weight excluding hydrogens is 322 g/mol. The molecule has 0 saturated carbocycles. The van der Waals surface area contributed by atoms with Gasteiger partial charge in [0.25, 0.3) is 0 Å². The number of H-pyrrole nitrogens is 1. The lowest BCUT2D eigenvalue weighted by Gasteiger charge is -2.37. The van der Waals surface area contributed by atoms with E-state index in [9.17, 15) is 8.42 Å². The topological polar surface area (TPSA) is 65.2 Å². The Morgan fingerprint density at radius 2 is 2.12 bits per heavy atom. The Morgan fingerprint density at radius 1 is 1.33 bits per heavy atom. The van der Waals surface area contributed by atoms with Crippen molar-refractivity contribution in [2.24, 2.45) is 5.92 Å². The highest BCUT2D eigenvalue weighted by atomic mass is 32.2. The van der Waals surface area contributed by atoms with Gasteiger partial charge in [-0.15, -0.1) is 0 Å². The number of hydrogen-bond donors (Lipinski definition) is 2. The molecule has 0 amide bonds. The summed E-state index contributed by atoms with van der Waals surface area (Å²) in [7, 11) is -3.14. The van der Waals surface area contributed by atoms with Crippen LogP contribution in [0, 0.1) is 5.92 Å². The first-order valence-electron chi connectivity index (χ1n) is 8.67. The largest absolute Gasteiger partial charge is 0.361 e. The minimum absolute atomic E-state index is 0.303. The van der Waals surface area contributed by atoms with Gasteiger partial charge in [0.2, 0.25) is 10.0 Å². The molecule has 1 aliphatic heterocycles. The van der Waals surface area contributed by atoms with Crippen molar-refractivity contribution in [2.75, 3.05) is 13.1 Å². The summed E-state index contributed by atoms with van der Waals surface area (Å²) in [5.74, 6) is 0.303. The van der Waals surface area contributed by atoms with E-state index in [1.807, 2.05) is 6.20 Å². The lowest BCUT2D eigenvalue weighted by molar-refractivity contribution is 0.218. The van der Waals surface area contributed by atoms with Crippen LogP contribution in [0.4, 0.5) is 0 Å². The highest BCUT2D eigenvalue weighted by Crippen LogP contribution is 2.23. The van der Waals surface area contributed by atoms with Crippen molar-refractivity contribution >= 4 is 20.9 Å². The first-order chi connectivity index (χ1) is 11.4. The molecule has 5 nitrogen and oxygen atoms in total. The van der Waals surface area contributed by atoms with Crippen LogP contribution in [0.3, 0.4) is 0 Å². The van der Waals surface area contributed by atoms with Crippen LogP contribution in [-0.2, 0) is 16.6 Å². The molecule has 3 rings (SSSR count). The molecule has 1 aliphatic rings. The van der Waals surface area contributed by atoms with Gasteiger partial charge in [0.15, 0.2) is 0 Å². The SMILES string of the molecule is CC(C)S(=O)(=O)N1CC[C@H](NCc2cccc3[nH]ccc23)[C@@H](C)C1. The Labute approximate surface area is 144 Å². The number of hydrogen-bond acceptors (Lipinski definition) is 3. The second-order valence-electron chi connectivity index (χ2n) is 7.06. The van der Waals surface area contributed by atoms with Gasteiger partial charge >= 0.3 is 0 Å². The predicted octanol–water partition coefficient (Wildman–Crippen LogP) is 2.71. The fraction of sp³-hybridized carbons (Fsp3) is 0.556. The van der Waals surface area contributed by atoms with Crippen molar-refractivity contribution < 1.29 is 8.42 Å². The summed E-state index contributed by atoms with van der Waals surface area (Å²) in [5, 5.41) is 4.54. The van der Waals surface area contributed by atoms with Crippen LogP contribution in [-0.4, -0.2) is 42.1 Å². The highest BCUT2D eigenvalue weighted by molar-refractivity contribution is 7.89. The van der Waals surface area contributed by atoms with E-state index in [2.05, 4.69) is 41.5 Å². The van der Waals surface area contributed by atoms with Crippen LogP contribution in [0.25, 0.3) is 10.9 Å². The van der Waals surface area contributed by atoms with E-state index < -0.39 is 10.0 Å². The summed E-state index contributed by atoms with van der Waals surface area (Å²) in [4.78, 5) is 3.24. The molecule has 24 heavy (non-hydrogen) atoms. The summed E-state index contributed by atoms with van der Waals surface area (Å²) in [6.45, 7) is 7.66. The maximum atomic E-state index is 12.3. The molecule has 132 valence electrons. The first-order valence-corrected chi connectivity index (χ1v) is 10.2. The van der Waals surface area contributed by atoms with E-state index in [0.29, 0.717) is 25.0 Å². The molecule has 0 unspecified atom stereocenters. The molecular formula is C18H27N3O2S. The number of nitrogens with zero attached hydrogens (tertiary/aromatic N) is 1. The van der Waals surface area contributed by atoms with Crippen molar-refractivity contribution in [2.45, 2.75) is 45.0 Å². The number of aromatic amines is 1. The number of piperidine rings is 1. The highest BCUT2D eigenvalue weighted by Gasteiger charge is 2.33. The molecule has 2 N–H and O–H groups in total. The van der Waals surface area contributed by atoms with Gasteiger partial charge in [0.05, 0.1) is 5.25 Å². The summed E-state index contributed by atoms with van der Waals surface area (Å²) in [6.07, 6.45) is 2.82. The van der Waals surface area contributed by atoms with E-state index in [1.54, 1.807) is 18.2 Å². The average molecular weight is 350 g/mol. The van der Waals surface area contributed by atoms with Crippen molar-refractivity contribution in [1.82, 2.24) is 14.6 Å². The third-order valence-corrected chi connectivity index (χ3v) is 7.31. The number of sulfonamides is 1. The molecule has 2 aromatic rings. The van der Waals surface area contributed by atoms with E-state index >= 15 is 0 Å². The Hall–Kier alpha value is -1.37. The smallest absolute Gasteiger partial charge is 0.216 e. The van der Waals surface area contributed by atoms with Crippen molar-refractivity contribution in [1.29, 1.82) is 0 Å². The molecule has 2 atom stereocenters. The zero-order chi connectivity index (χ0) is 17.3. The lowest BCUT2D eigenvalue weighted by Crippen LogP contribution is -2.51. The molecule has 1 fully saturated rings. The average Bonchev–Trinajstić information content (AvgIpc) is 3.02. The Balaban J connectivity index is 1.63. The molecule has 6 heteroatoms. The normalized spacial score (nSPS) is 23.2. The minimum Gasteiger partial charge on any atom is -0.361 e. The van der Waals surface area contributed by atoms with Gasteiger partial charge < -0.3 is 10.3 Å². The van der Waals surface area contributed by atoms with Gasteiger partial charge in [-0.2, -0.15) is 0 Å². The number of nitrogens with one attached hydrogen (secondary N) is 2. The molecule has 1 aromatic carbocycles. The Bertz CT molecular complexity index is 797. The Morgan fingerprint density at radius 3 is 2.83 bits per heavy atom. The quantitative estimate of drug-likeness (QED) is 0.872. The van der Waals surface area contributed by atoms with Crippen LogP contribution < -0.4 is 5.32 Å². The zero-order valence-electron chi connectivity index (χ0n) is 14.6. The molecule has 2 heterocycles. The van der Waals surface area contributed by atoms with Crippen LogP contribution in [0.2, 0.25) is 0 Å². The van der Waals surface area contributed by atoms with E-state index in [-0.39, 0.29) is 5.25 Å². The van der Waals surface area contributed by atoms with Crippen LogP contribution in [0.15, 0.2) is 30.5 Å². The summed E-state index contributed by atoms with van der Waals surface area (Å²) in [6, 6.07) is 8.74. The molecule has 0 aliphatic carbocycles. The zero-order valence-corrected chi connectivity index (χ0v) is 15.4. The molecule has 0 radical (unpaired) electrons. The molecule has 0 spiro atoms. The van der Waals surface area contributed by atoms with E-state index in [4.69, 9.17) is 0 Å². The monoisotopic (exact) mass is 349 g/mol. The fourth-order valence-corrected chi connectivity index (χ4v) is 4.88. The predicted molar refractivity (Wildman–Crippen MR) is 98.3 cm³/mol.